The fourth-order valence-corrected chi connectivity index (χ4v) is 2.12. The highest BCUT2D eigenvalue weighted by atomic mass is 16.5. The Hall–Kier alpha value is -1.84. The van der Waals surface area contributed by atoms with Gasteiger partial charge in [0, 0.05) is 12.3 Å². The Balaban J connectivity index is 2.20. The fourth-order valence-electron chi connectivity index (χ4n) is 2.12. The number of nitrogens with one attached hydrogen (secondary N) is 1. The van der Waals surface area contributed by atoms with Crippen LogP contribution in [0.3, 0.4) is 0 Å². The van der Waals surface area contributed by atoms with Crippen molar-refractivity contribution in [1.29, 1.82) is 0 Å². The van der Waals surface area contributed by atoms with E-state index >= 15 is 0 Å². The number of amides is 1. The molecule has 1 aromatic carbocycles. The molecule has 1 heterocycles. The lowest BCUT2D eigenvalue weighted by Gasteiger charge is -2.17. The zero-order chi connectivity index (χ0) is 12.3. The molecule has 0 aromatic heterocycles. The lowest BCUT2D eigenvalue weighted by molar-refractivity contribution is -0.146. The zero-order valence-electron chi connectivity index (χ0n) is 9.68. The Morgan fingerprint density at radius 2 is 2.12 bits per heavy atom. The number of hydrogen-bond donors (Lipinski definition) is 1. The number of hydrogen-bond acceptors (Lipinski definition) is 3. The van der Waals surface area contributed by atoms with Crippen LogP contribution in [0.2, 0.25) is 0 Å². The van der Waals surface area contributed by atoms with Gasteiger partial charge in [0.05, 0.1) is 6.61 Å². The van der Waals surface area contributed by atoms with E-state index in [1.54, 1.807) is 6.92 Å². The summed E-state index contributed by atoms with van der Waals surface area (Å²) in [6, 6.07) is 9.02. The van der Waals surface area contributed by atoms with E-state index in [-0.39, 0.29) is 17.8 Å². The predicted octanol–water partition coefficient (Wildman–Crippen LogP) is 1.22. The van der Waals surface area contributed by atoms with Crippen molar-refractivity contribution in [1.82, 2.24) is 5.32 Å². The Labute approximate surface area is 100.0 Å². The second-order valence-corrected chi connectivity index (χ2v) is 4.02. The number of benzene rings is 1. The molecule has 90 valence electrons. The van der Waals surface area contributed by atoms with Gasteiger partial charge in [0.15, 0.2) is 0 Å². The lowest BCUT2D eigenvalue weighted by Crippen LogP contribution is -2.37. The van der Waals surface area contributed by atoms with Gasteiger partial charge in [-0.2, -0.15) is 0 Å². The minimum atomic E-state index is -0.551. The van der Waals surface area contributed by atoms with Crippen LogP contribution in [0.15, 0.2) is 30.3 Å². The molecule has 1 saturated heterocycles. The highest BCUT2D eigenvalue weighted by Crippen LogP contribution is 2.28. The van der Waals surface area contributed by atoms with Gasteiger partial charge in [-0.1, -0.05) is 30.3 Å². The molecule has 1 aliphatic heterocycles. The first-order valence-corrected chi connectivity index (χ1v) is 5.73. The summed E-state index contributed by atoms with van der Waals surface area (Å²) < 4.78 is 4.97. The van der Waals surface area contributed by atoms with Crippen LogP contribution >= 0.6 is 0 Å². The van der Waals surface area contributed by atoms with Crippen molar-refractivity contribution in [2.24, 2.45) is 0 Å². The number of ether oxygens (including phenoxy) is 1. The molecule has 4 heteroatoms. The monoisotopic (exact) mass is 233 g/mol. The zero-order valence-corrected chi connectivity index (χ0v) is 9.68. The van der Waals surface area contributed by atoms with Crippen LogP contribution < -0.4 is 5.32 Å². The van der Waals surface area contributed by atoms with Crippen LogP contribution in [0.25, 0.3) is 0 Å². The average Bonchev–Trinajstić information content (AvgIpc) is 2.73. The van der Waals surface area contributed by atoms with Crippen molar-refractivity contribution in [3.63, 3.8) is 0 Å². The fraction of sp³-hybridized carbons (Fsp3) is 0.385. The minimum Gasteiger partial charge on any atom is -0.464 e. The maximum absolute atomic E-state index is 11.7. The third kappa shape index (κ3) is 2.46. The van der Waals surface area contributed by atoms with Crippen LogP contribution in [0.1, 0.15) is 24.8 Å². The standard InChI is InChI=1S/C13H15NO3/c1-2-17-13(16)12-10(8-11(15)14-12)9-6-4-3-5-7-9/h3-7,10,12H,2,8H2,1H3,(H,14,15)/t10-,12+/m0/s1. The van der Waals surface area contributed by atoms with Crippen molar-refractivity contribution in [2.75, 3.05) is 6.61 Å². The molecule has 2 rings (SSSR count). The molecule has 0 spiro atoms. The molecule has 1 aliphatic rings. The van der Waals surface area contributed by atoms with Crippen LogP contribution in [0, 0.1) is 0 Å². The topological polar surface area (TPSA) is 55.4 Å². The highest BCUT2D eigenvalue weighted by Gasteiger charge is 2.39. The van der Waals surface area contributed by atoms with Crippen LogP contribution in [-0.4, -0.2) is 24.5 Å². The molecule has 1 amide bonds. The molecule has 1 aromatic rings. The first-order valence-electron chi connectivity index (χ1n) is 5.73. The van der Waals surface area contributed by atoms with Crippen LogP contribution in [-0.2, 0) is 14.3 Å². The van der Waals surface area contributed by atoms with E-state index in [2.05, 4.69) is 5.32 Å². The molecule has 0 aliphatic carbocycles. The summed E-state index contributed by atoms with van der Waals surface area (Å²) in [5.41, 5.74) is 0.990. The normalized spacial score (nSPS) is 23.2. The molecule has 2 atom stereocenters. The van der Waals surface area contributed by atoms with Gasteiger partial charge in [-0.15, -0.1) is 0 Å². The molecule has 0 bridgehead atoms. The molecule has 17 heavy (non-hydrogen) atoms. The van der Waals surface area contributed by atoms with Crippen LogP contribution in [0.4, 0.5) is 0 Å². The van der Waals surface area contributed by atoms with E-state index < -0.39 is 6.04 Å². The van der Waals surface area contributed by atoms with E-state index in [9.17, 15) is 9.59 Å². The van der Waals surface area contributed by atoms with Crippen molar-refractivity contribution >= 4 is 11.9 Å². The summed E-state index contributed by atoms with van der Waals surface area (Å²) in [5.74, 6) is -0.577. The third-order valence-corrected chi connectivity index (χ3v) is 2.89. The van der Waals surface area contributed by atoms with Crippen molar-refractivity contribution in [3.8, 4) is 0 Å². The summed E-state index contributed by atoms with van der Waals surface area (Å²) >= 11 is 0. The Kier molecular flexibility index (Phi) is 3.42. The predicted molar refractivity (Wildman–Crippen MR) is 62.4 cm³/mol. The summed E-state index contributed by atoms with van der Waals surface area (Å²) in [5, 5.41) is 2.67. The second kappa shape index (κ2) is 4.99. The molecular formula is C13H15NO3. The van der Waals surface area contributed by atoms with E-state index in [0.717, 1.165) is 5.56 Å². The smallest absolute Gasteiger partial charge is 0.329 e. The van der Waals surface area contributed by atoms with Gasteiger partial charge in [-0.3, -0.25) is 4.79 Å². The van der Waals surface area contributed by atoms with Crippen molar-refractivity contribution in [3.05, 3.63) is 35.9 Å². The van der Waals surface area contributed by atoms with Gasteiger partial charge in [0.25, 0.3) is 0 Å². The molecular weight excluding hydrogens is 218 g/mol. The number of rotatable bonds is 3. The first kappa shape index (κ1) is 11.6. The highest BCUT2D eigenvalue weighted by molar-refractivity contribution is 5.90. The van der Waals surface area contributed by atoms with Gasteiger partial charge >= 0.3 is 5.97 Å². The van der Waals surface area contributed by atoms with Gasteiger partial charge in [-0.25, -0.2) is 4.79 Å². The van der Waals surface area contributed by atoms with Crippen molar-refractivity contribution in [2.45, 2.75) is 25.3 Å². The average molecular weight is 233 g/mol. The summed E-state index contributed by atoms with van der Waals surface area (Å²) in [6.45, 7) is 2.08. The van der Waals surface area contributed by atoms with Crippen LogP contribution in [0.5, 0.6) is 0 Å². The SMILES string of the molecule is CCOC(=O)[C@@H]1NC(=O)C[C@H]1c1ccccc1. The Morgan fingerprint density at radius 3 is 2.76 bits per heavy atom. The maximum atomic E-state index is 11.7. The quantitative estimate of drug-likeness (QED) is 0.799. The Bertz CT molecular complexity index is 416. The minimum absolute atomic E-state index is 0.100. The van der Waals surface area contributed by atoms with E-state index in [0.29, 0.717) is 13.0 Å². The van der Waals surface area contributed by atoms with Gasteiger partial charge in [0.1, 0.15) is 6.04 Å². The molecule has 0 saturated carbocycles. The molecule has 0 radical (unpaired) electrons. The maximum Gasteiger partial charge on any atom is 0.329 e. The number of carbonyl (C=O) groups is 2. The number of esters is 1. The van der Waals surface area contributed by atoms with E-state index in [1.807, 2.05) is 30.3 Å². The first-order chi connectivity index (χ1) is 8.22. The summed E-state index contributed by atoms with van der Waals surface area (Å²) in [6.07, 6.45) is 0.341. The summed E-state index contributed by atoms with van der Waals surface area (Å²) in [4.78, 5) is 23.2. The van der Waals surface area contributed by atoms with Gasteiger partial charge in [0.2, 0.25) is 5.91 Å². The largest absolute Gasteiger partial charge is 0.464 e. The number of carbonyl (C=O) groups excluding carboxylic acids is 2. The molecule has 0 unspecified atom stereocenters. The van der Waals surface area contributed by atoms with Gasteiger partial charge < -0.3 is 10.1 Å². The molecule has 1 N–H and O–H groups in total. The third-order valence-electron chi connectivity index (χ3n) is 2.89. The van der Waals surface area contributed by atoms with Crippen molar-refractivity contribution < 1.29 is 14.3 Å². The molecule has 1 fully saturated rings. The second-order valence-electron chi connectivity index (χ2n) is 4.02. The molecule has 4 nitrogen and oxygen atoms in total. The lowest BCUT2D eigenvalue weighted by atomic mass is 9.92. The van der Waals surface area contributed by atoms with Gasteiger partial charge in [-0.05, 0) is 12.5 Å². The van der Waals surface area contributed by atoms with E-state index in [1.165, 1.54) is 0 Å². The van der Waals surface area contributed by atoms with E-state index in [4.69, 9.17) is 4.74 Å². The Morgan fingerprint density at radius 1 is 1.41 bits per heavy atom. The summed E-state index contributed by atoms with van der Waals surface area (Å²) in [7, 11) is 0.